The van der Waals surface area contributed by atoms with E-state index in [9.17, 15) is 8.78 Å². The maximum absolute atomic E-state index is 12.2. The fourth-order valence-corrected chi connectivity index (χ4v) is 1.53. The minimum absolute atomic E-state index is 0. The Labute approximate surface area is 134 Å². The number of para-hydroxylation sites is 1. The largest absolute Gasteiger partial charge is 0.435 e. The Hall–Kier alpha value is -1.12. The summed E-state index contributed by atoms with van der Waals surface area (Å²) in [6.07, 6.45) is 1.46. The van der Waals surface area contributed by atoms with E-state index in [1.807, 2.05) is 6.92 Å². The van der Waals surface area contributed by atoms with Gasteiger partial charge in [0, 0.05) is 13.1 Å². The highest BCUT2D eigenvalue weighted by molar-refractivity contribution is 14.0. The van der Waals surface area contributed by atoms with Crippen molar-refractivity contribution in [3.05, 3.63) is 29.8 Å². The summed E-state index contributed by atoms with van der Waals surface area (Å²) in [4.78, 5) is 4.08. The van der Waals surface area contributed by atoms with E-state index in [1.165, 1.54) is 6.07 Å². The number of nitrogens with one attached hydrogen (secondary N) is 1. The van der Waals surface area contributed by atoms with Gasteiger partial charge in [-0.1, -0.05) is 25.1 Å². The molecule has 0 radical (unpaired) electrons. The SMILES string of the molecule is CCCN=C(N)NCCc1ccccc1OC(F)F.I. The van der Waals surface area contributed by atoms with Crippen molar-refractivity contribution in [1.29, 1.82) is 0 Å². The van der Waals surface area contributed by atoms with Gasteiger partial charge >= 0.3 is 6.61 Å². The average molecular weight is 399 g/mol. The number of ether oxygens (including phenoxy) is 1. The van der Waals surface area contributed by atoms with E-state index in [2.05, 4.69) is 15.0 Å². The van der Waals surface area contributed by atoms with E-state index in [4.69, 9.17) is 5.73 Å². The first-order valence-electron chi connectivity index (χ1n) is 6.20. The number of guanidine groups is 1. The van der Waals surface area contributed by atoms with Gasteiger partial charge in [0.05, 0.1) is 0 Å². The molecule has 4 nitrogen and oxygen atoms in total. The van der Waals surface area contributed by atoms with Gasteiger partial charge in [-0.2, -0.15) is 8.78 Å². The molecule has 0 aliphatic rings. The Bertz CT molecular complexity index is 416. The van der Waals surface area contributed by atoms with E-state index in [0.29, 0.717) is 31.0 Å². The molecule has 20 heavy (non-hydrogen) atoms. The molecule has 0 aromatic heterocycles. The quantitative estimate of drug-likeness (QED) is 0.421. The number of alkyl halides is 2. The maximum Gasteiger partial charge on any atom is 0.387 e. The number of nitrogens with zero attached hydrogens (tertiary/aromatic N) is 1. The van der Waals surface area contributed by atoms with Crippen LogP contribution in [0.3, 0.4) is 0 Å². The highest BCUT2D eigenvalue weighted by Gasteiger charge is 2.08. The van der Waals surface area contributed by atoms with Crippen molar-refractivity contribution in [2.24, 2.45) is 10.7 Å². The summed E-state index contributed by atoms with van der Waals surface area (Å²) in [5.74, 6) is 0.567. The lowest BCUT2D eigenvalue weighted by Gasteiger charge is -2.11. The predicted octanol–water partition coefficient (Wildman–Crippen LogP) is 2.76. The van der Waals surface area contributed by atoms with Crippen molar-refractivity contribution in [3.8, 4) is 5.75 Å². The summed E-state index contributed by atoms with van der Waals surface area (Å²) in [5, 5.41) is 2.93. The van der Waals surface area contributed by atoms with Gasteiger partial charge in [-0.05, 0) is 24.5 Å². The lowest BCUT2D eigenvalue weighted by molar-refractivity contribution is -0.0504. The van der Waals surface area contributed by atoms with Gasteiger partial charge in [0.1, 0.15) is 5.75 Å². The summed E-state index contributed by atoms with van der Waals surface area (Å²) < 4.78 is 28.9. The lowest BCUT2D eigenvalue weighted by atomic mass is 10.1. The number of hydrogen-bond acceptors (Lipinski definition) is 2. The van der Waals surface area contributed by atoms with Gasteiger partial charge in [-0.15, -0.1) is 24.0 Å². The molecule has 0 saturated heterocycles. The number of nitrogens with two attached hydrogens (primary N) is 1. The van der Waals surface area contributed by atoms with Crippen molar-refractivity contribution in [2.75, 3.05) is 13.1 Å². The summed E-state index contributed by atoms with van der Waals surface area (Å²) in [5.41, 5.74) is 6.34. The van der Waals surface area contributed by atoms with Crippen LogP contribution in [0.15, 0.2) is 29.3 Å². The van der Waals surface area contributed by atoms with Gasteiger partial charge in [0.2, 0.25) is 0 Å². The molecule has 3 N–H and O–H groups in total. The number of halogens is 3. The van der Waals surface area contributed by atoms with Gasteiger partial charge in [-0.25, -0.2) is 0 Å². The van der Waals surface area contributed by atoms with E-state index < -0.39 is 6.61 Å². The van der Waals surface area contributed by atoms with Crippen molar-refractivity contribution in [2.45, 2.75) is 26.4 Å². The Kier molecular flexibility index (Phi) is 10.0. The van der Waals surface area contributed by atoms with Crippen LogP contribution in [0.4, 0.5) is 8.78 Å². The molecular formula is C13H20F2IN3O. The van der Waals surface area contributed by atoms with Crippen LogP contribution in [0, 0.1) is 0 Å². The molecule has 0 spiro atoms. The van der Waals surface area contributed by atoms with Crippen LogP contribution >= 0.6 is 24.0 Å². The molecule has 0 fully saturated rings. The first-order valence-corrected chi connectivity index (χ1v) is 6.20. The summed E-state index contributed by atoms with van der Waals surface area (Å²) in [7, 11) is 0. The topological polar surface area (TPSA) is 59.6 Å². The van der Waals surface area contributed by atoms with Crippen LogP contribution in [-0.2, 0) is 6.42 Å². The molecule has 0 saturated carbocycles. The molecule has 7 heteroatoms. The Balaban J connectivity index is 0.00000361. The van der Waals surface area contributed by atoms with E-state index in [1.54, 1.807) is 18.2 Å². The first-order chi connectivity index (χ1) is 9.13. The summed E-state index contributed by atoms with van der Waals surface area (Å²) in [6.45, 7) is 0.381. The zero-order valence-electron chi connectivity index (χ0n) is 11.3. The highest BCUT2D eigenvalue weighted by Crippen LogP contribution is 2.20. The maximum atomic E-state index is 12.2. The fourth-order valence-electron chi connectivity index (χ4n) is 1.53. The molecule has 0 bridgehead atoms. The smallest absolute Gasteiger partial charge is 0.387 e. The summed E-state index contributed by atoms with van der Waals surface area (Å²) >= 11 is 0. The fraction of sp³-hybridized carbons (Fsp3) is 0.462. The molecule has 0 heterocycles. The van der Waals surface area contributed by atoms with Crippen molar-refractivity contribution in [3.63, 3.8) is 0 Å². The molecule has 1 rings (SSSR count). The number of rotatable bonds is 7. The van der Waals surface area contributed by atoms with Gasteiger partial charge in [0.25, 0.3) is 0 Å². The minimum atomic E-state index is -2.81. The Morgan fingerprint density at radius 3 is 2.75 bits per heavy atom. The summed E-state index contributed by atoms with van der Waals surface area (Å²) in [6, 6.07) is 6.71. The Morgan fingerprint density at radius 1 is 1.40 bits per heavy atom. The minimum Gasteiger partial charge on any atom is -0.435 e. The molecule has 1 aromatic rings. The predicted molar refractivity (Wildman–Crippen MR) is 87.0 cm³/mol. The number of hydrogen-bond donors (Lipinski definition) is 2. The standard InChI is InChI=1S/C13H19F2N3O.HI/c1-2-8-17-13(16)18-9-7-10-5-3-4-6-11(10)19-12(14)15;/h3-6,12H,2,7-9H2,1H3,(H3,16,17,18);1H. The lowest BCUT2D eigenvalue weighted by Crippen LogP contribution is -2.33. The van der Waals surface area contributed by atoms with E-state index in [-0.39, 0.29) is 29.7 Å². The van der Waals surface area contributed by atoms with Crippen LogP contribution < -0.4 is 15.8 Å². The Morgan fingerprint density at radius 2 is 2.10 bits per heavy atom. The van der Waals surface area contributed by atoms with Crippen LogP contribution in [0.5, 0.6) is 5.75 Å². The molecule has 0 aliphatic heterocycles. The second-order valence-corrected chi connectivity index (χ2v) is 3.93. The molecule has 0 amide bonds. The molecular weight excluding hydrogens is 379 g/mol. The van der Waals surface area contributed by atoms with Crippen molar-refractivity contribution < 1.29 is 13.5 Å². The zero-order chi connectivity index (χ0) is 14.1. The number of aliphatic imine (C=N–C) groups is 1. The van der Waals surface area contributed by atoms with E-state index >= 15 is 0 Å². The van der Waals surface area contributed by atoms with Crippen LogP contribution in [0.2, 0.25) is 0 Å². The second kappa shape index (κ2) is 10.6. The molecule has 0 aliphatic carbocycles. The molecule has 1 aromatic carbocycles. The van der Waals surface area contributed by atoms with Gasteiger partial charge < -0.3 is 15.8 Å². The molecule has 0 unspecified atom stereocenters. The van der Waals surface area contributed by atoms with Crippen LogP contribution in [0.1, 0.15) is 18.9 Å². The van der Waals surface area contributed by atoms with Crippen LogP contribution in [-0.4, -0.2) is 25.7 Å². The third-order valence-electron chi connectivity index (χ3n) is 2.39. The number of benzene rings is 1. The third-order valence-corrected chi connectivity index (χ3v) is 2.39. The van der Waals surface area contributed by atoms with Crippen LogP contribution in [0.25, 0.3) is 0 Å². The third kappa shape index (κ3) is 7.46. The van der Waals surface area contributed by atoms with Gasteiger partial charge in [-0.3, -0.25) is 4.99 Å². The monoisotopic (exact) mass is 399 g/mol. The average Bonchev–Trinajstić information content (AvgIpc) is 2.38. The van der Waals surface area contributed by atoms with E-state index in [0.717, 1.165) is 6.42 Å². The van der Waals surface area contributed by atoms with Crippen molar-refractivity contribution >= 4 is 29.9 Å². The second-order valence-electron chi connectivity index (χ2n) is 3.93. The highest BCUT2D eigenvalue weighted by atomic mass is 127. The first kappa shape index (κ1) is 18.9. The van der Waals surface area contributed by atoms with Gasteiger partial charge in [0.15, 0.2) is 5.96 Å². The molecule has 114 valence electrons. The normalized spacial score (nSPS) is 11.1. The molecule has 0 atom stereocenters. The zero-order valence-corrected chi connectivity index (χ0v) is 13.6. The van der Waals surface area contributed by atoms with Crippen molar-refractivity contribution in [1.82, 2.24) is 5.32 Å².